The van der Waals surface area contributed by atoms with E-state index in [0.717, 1.165) is 0 Å². The number of nitrogens with one attached hydrogen (secondary N) is 1. The number of nitrogens with zero attached hydrogens (tertiary/aromatic N) is 2. The topological polar surface area (TPSA) is 122 Å². The van der Waals surface area contributed by atoms with Crippen molar-refractivity contribution < 1.29 is 31.9 Å². The van der Waals surface area contributed by atoms with Gasteiger partial charge in [0.2, 0.25) is 5.71 Å². The summed E-state index contributed by atoms with van der Waals surface area (Å²) in [6.07, 6.45) is 1.11. The van der Waals surface area contributed by atoms with Gasteiger partial charge in [-0.05, 0) is 65.8 Å². The van der Waals surface area contributed by atoms with Crippen LogP contribution in [0.1, 0.15) is 29.6 Å². The molecule has 0 fully saturated rings. The number of methoxy groups -OCH3 is 1. The first kappa shape index (κ1) is 25.1. The quantitative estimate of drug-likeness (QED) is 0.168. The number of ether oxygens (including phenoxy) is 1. The fourth-order valence-electron chi connectivity index (χ4n) is 3.20. The molecule has 0 aliphatic carbocycles. The molecule has 0 aliphatic rings. The molecule has 1 atom stereocenters. The molecule has 3 rings (SSSR count). The minimum absolute atomic E-state index is 0.0911. The van der Waals surface area contributed by atoms with Gasteiger partial charge in [-0.15, -0.1) is 0 Å². The molecule has 2 heterocycles. The summed E-state index contributed by atoms with van der Waals surface area (Å²) in [7, 11) is 2.78. The van der Waals surface area contributed by atoms with E-state index in [0.29, 0.717) is 27.4 Å². The van der Waals surface area contributed by atoms with Crippen LogP contribution >= 0.6 is 22.6 Å². The van der Waals surface area contributed by atoms with E-state index in [2.05, 4.69) is 15.0 Å². The molecular weight excluding hydrogens is 568 g/mol. The van der Waals surface area contributed by atoms with Crippen LogP contribution in [0.4, 0.5) is 10.2 Å². The Morgan fingerprint density at radius 1 is 1.30 bits per heavy atom. The number of carbonyl (C=O) groups excluding carboxylic acids is 2. The summed E-state index contributed by atoms with van der Waals surface area (Å²) in [5.41, 5.74) is 0.800. The molecule has 2 aromatic heterocycles. The molecule has 33 heavy (non-hydrogen) atoms. The van der Waals surface area contributed by atoms with Crippen molar-refractivity contribution in [2.45, 2.75) is 19.3 Å². The minimum Gasteiger partial charge on any atom is -0.469 e. The average Bonchev–Trinajstić information content (AvgIpc) is 3.16. The molecule has 0 aliphatic heterocycles. The van der Waals surface area contributed by atoms with Crippen molar-refractivity contribution in [2.24, 2.45) is 0 Å². The van der Waals surface area contributed by atoms with Crippen molar-refractivity contribution in [2.75, 3.05) is 25.0 Å². The van der Waals surface area contributed by atoms with Crippen LogP contribution in [0.3, 0.4) is 0 Å². The maximum Gasteiger partial charge on any atom is 0.305 e. The predicted molar refractivity (Wildman–Crippen MR) is 129 cm³/mol. The van der Waals surface area contributed by atoms with Crippen molar-refractivity contribution in [1.29, 1.82) is 0 Å². The highest BCUT2D eigenvalue weighted by molar-refractivity contribution is 14.1. The number of pyridine rings is 1. The maximum absolute atomic E-state index is 13.4. The molecule has 0 saturated heterocycles. The van der Waals surface area contributed by atoms with Crippen molar-refractivity contribution in [1.82, 2.24) is 10.3 Å². The Bertz CT molecular complexity index is 1200. The molecule has 3 aromatic rings. The van der Waals surface area contributed by atoms with E-state index >= 15 is 0 Å². The lowest BCUT2D eigenvalue weighted by Gasteiger charge is -2.19. The third-order valence-corrected chi connectivity index (χ3v) is 6.35. The van der Waals surface area contributed by atoms with E-state index in [1.165, 1.54) is 42.7 Å². The Morgan fingerprint density at radius 2 is 2.00 bits per heavy atom. The lowest BCUT2D eigenvalue weighted by atomic mass is 10.1. The summed E-state index contributed by atoms with van der Waals surface area (Å²) >= 11 is -0.415. The molecule has 1 amide bonds. The van der Waals surface area contributed by atoms with Gasteiger partial charge in [0.05, 0.1) is 21.6 Å². The first-order valence-electron chi connectivity index (χ1n) is 9.83. The summed E-state index contributed by atoms with van der Waals surface area (Å²) in [6, 6.07) is 7.13. The number of aromatic nitrogens is 1. The van der Waals surface area contributed by atoms with Crippen LogP contribution in [0.25, 0.3) is 22.4 Å². The molecule has 0 radical (unpaired) electrons. The number of carbonyl (C=O) groups is 2. The summed E-state index contributed by atoms with van der Waals surface area (Å²) < 4.78 is 47.4. The number of halogens is 2. The average molecular weight is 589 g/mol. The van der Waals surface area contributed by atoms with Gasteiger partial charge in [0.25, 0.3) is 17.2 Å². The van der Waals surface area contributed by atoms with Crippen LogP contribution < -0.4 is 9.62 Å². The number of hydrogen-bond donors (Lipinski definition) is 2. The summed E-state index contributed by atoms with van der Waals surface area (Å²) in [6.45, 7) is 0.155. The normalized spacial score (nSPS) is 11.9. The second-order valence-electron chi connectivity index (χ2n) is 6.90. The minimum atomic E-state index is -2.38. The second-order valence-corrected chi connectivity index (χ2v) is 8.97. The summed E-state index contributed by atoms with van der Waals surface area (Å²) in [5.74, 6) is -0.792. The van der Waals surface area contributed by atoms with E-state index in [9.17, 15) is 22.7 Å². The first-order chi connectivity index (χ1) is 15.8. The Morgan fingerprint density at radius 3 is 2.61 bits per heavy atom. The Kier molecular flexibility index (Phi) is 8.37. The molecular formula is C21H21FIN3O6S. The monoisotopic (exact) mass is 589 g/mol. The third kappa shape index (κ3) is 5.68. The molecule has 9 nitrogen and oxygen atoms in total. The molecule has 0 bridgehead atoms. The molecule has 0 saturated carbocycles. The number of furan rings is 1. The molecule has 12 heteroatoms. The van der Waals surface area contributed by atoms with Gasteiger partial charge in [-0.25, -0.2) is 8.60 Å². The fourth-order valence-corrected chi connectivity index (χ4v) is 4.66. The fraction of sp³-hybridized carbons (Fsp3) is 0.286. The van der Waals surface area contributed by atoms with Gasteiger partial charge < -0.3 is 14.5 Å². The van der Waals surface area contributed by atoms with Crippen LogP contribution in [0.5, 0.6) is 0 Å². The highest BCUT2D eigenvalue weighted by Gasteiger charge is 2.26. The van der Waals surface area contributed by atoms with Gasteiger partial charge in [0.15, 0.2) is 5.82 Å². The highest BCUT2D eigenvalue weighted by atomic mass is 127. The van der Waals surface area contributed by atoms with Crippen molar-refractivity contribution in [3.05, 3.63) is 45.3 Å². The van der Waals surface area contributed by atoms with Gasteiger partial charge in [-0.2, -0.15) is 4.98 Å². The van der Waals surface area contributed by atoms with E-state index in [1.54, 1.807) is 6.07 Å². The number of unbranched alkanes of at least 4 members (excludes halogenated alkanes) is 1. The highest BCUT2D eigenvalue weighted by Crippen LogP contribution is 2.36. The number of rotatable bonds is 9. The van der Waals surface area contributed by atoms with Crippen molar-refractivity contribution in [3.8, 4) is 11.3 Å². The maximum atomic E-state index is 13.4. The van der Waals surface area contributed by atoms with Gasteiger partial charge in [0, 0.05) is 25.6 Å². The van der Waals surface area contributed by atoms with Crippen LogP contribution in [0.2, 0.25) is 0 Å². The molecule has 1 aromatic carbocycles. The molecule has 1 unspecified atom stereocenters. The Labute approximate surface area is 205 Å². The number of hydrogen-bond acceptors (Lipinski definition) is 6. The lowest BCUT2D eigenvalue weighted by Crippen LogP contribution is -2.28. The smallest absolute Gasteiger partial charge is 0.305 e. The Hall–Kier alpha value is -2.58. The van der Waals surface area contributed by atoms with E-state index in [4.69, 9.17) is 4.42 Å². The zero-order valence-corrected chi connectivity index (χ0v) is 20.7. The molecule has 0 spiro atoms. The van der Waals surface area contributed by atoms with E-state index < -0.39 is 23.0 Å². The van der Waals surface area contributed by atoms with Gasteiger partial charge in [0.1, 0.15) is 11.6 Å². The van der Waals surface area contributed by atoms with Gasteiger partial charge >= 0.3 is 5.97 Å². The van der Waals surface area contributed by atoms with Gasteiger partial charge in [-0.1, -0.05) is 0 Å². The zero-order valence-electron chi connectivity index (χ0n) is 17.8. The largest absolute Gasteiger partial charge is 0.469 e. The standard InChI is InChI=1S/C21H21FIN3O6S/c1-24-20(28)17-14-11-15(23)19(26(33(29)30)10-4-3-5-16(27)31-2)25-21(14)32-18(17)12-6-8-13(22)9-7-12/h6-9,11H,3-5,10H2,1-2H3,(H,24,28)(H,29,30). The number of esters is 1. The molecule has 176 valence electrons. The van der Waals surface area contributed by atoms with Crippen LogP contribution in [-0.4, -0.2) is 46.3 Å². The summed E-state index contributed by atoms with van der Waals surface area (Å²) in [5, 5.41) is 2.98. The van der Waals surface area contributed by atoms with E-state index in [1.807, 2.05) is 22.6 Å². The third-order valence-electron chi connectivity index (χ3n) is 4.82. The number of anilines is 1. The predicted octanol–water partition coefficient (Wildman–Crippen LogP) is 3.88. The zero-order chi connectivity index (χ0) is 24.1. The molecule has 2 N–H and O–H groups in total. The van der Waals surface area contributed by atoms with Crippen molar-refractivity contribution >= 4 is 62.7 Å². The van der Waals surface area contributed by atoms with E-state index in [-0.39, 0.29) is 41.8 Å². The van der Waals surface area contributed by atoms with Crippen LogP contribution in [-0.2, 0) is 20.8 Å². The lowest BCUT2D eigenvalue weighted by molar-refractivity contribution is -0.140. The number of amides is 1. The van der Waals surface area contributed by atoms with Crippen LogP contribution in [0.15, 0.2) is 34.7 Å². The number of fused-ring (bicyclic) bond motifs is 1. The van der Waals surface area contributed by atoms with Gasteiger partial charge in [-0.3, -0.25) is 18.4 Å². The first-order valence-corrected chi connectivity index (χ1v) is 12.0. The summed E-state index contributed by atoms with van der Waals surface area (Å²) in [4.78, 5) is 28.3. The number of benzene rings is 1. The Balaban J connectivity index is 2.03. The van der Waals surface area contributed by atoms with Crippen LogP contribution in [0, 0.1) is 9.39 Å². The SMILES string of the molecule is CNC(=O)c1c(-c2ccc(F)cc2)oc2nc(N(CCCCC(=O)OC)S(=O)O)c(I)cc12. The van der Waals surface area contributed by atoms with Crippen molar-refractivity contribution in [3.63, 3.8) is 0 Å². The second kappa shape index (κ2) is 11.0.